The van der Waals surface area contributed by atoms with E-state index in [2.05, 4.69) is 10.3 Å². The van der Waals surface area contributed by atoms with Gasteiger partial charge in [-0.25, -0.2) is 0 Å². The predicted molar refractivity (Wildman–Crippen MR) is 80.9 cm³/mol. The number of hydrogen-bond donors (Lipinski definition) is 2. The summed E-state index contributed by atoms with van der Waals surface area (Å²) in [7, 11) is 0. The molecule has 4 nitrogen and oxygen atoms in total. The van der Waals surface area contributed by atoms with E-state index in [1.54, 1.807) is 6.07 Å². The van der Waals surface area contributed by atoms with E-state index in [1.807, 2.05) is 12.1 Å². The van der Waals surface area contributed by atoms with Crippen LogP contribution in [0.1, 0.15) is 24.4 Å². The molecule has 0 bridgehead atoms. The number of fused-ring (bicyclic) bond motifs is 1. The molecule has 2 aliphatic rings. The van der Waals surface area contributed by atoms with E-state index in [1.165, 1.54) is 12.8 Å². The average molecular weight is 316 g/mol. The van der Waals surface area contributed by atoms with Gasteiger partial charge in [0.15, 0.2) is 0 Å². The molecule has 3 N–H and O–H groups in total. The number of halogens is 2. The smallest absolute Gasteiger partial charge is 0.0910 e. The van der Waals surface area contributed by atoms with Gasteiger partial charge in [0, 0.05) is 12.6 Å². The number of nitrogens with two attached hydrogens (primary N) is 1. The van der Waals surface area contributed by atoms with Gasteiger partial charge in [0.05, 0.1) is 28.8 Å². The minimum Gasteiger partial charge on any atom is -0.373 e. The van der Waals surface area contributed by atoms with Crippen molar-refractivity contribution in [3.05, 3.63) is 33.8 Å². The maximum Gasteiger partial charge on any atom is 0.0910 e. The summed E-state index contributed by atoms with van der Waals surface area (Å²) >= 11 is 12.1. The molecule has 0 saturated carbocycles. The Morgan fingerprint density at radius 1 is 1.35 bits per heavy atom. The summed E-state index contributed by atoms with van der Waals surface area (Å²) in [5.74, 6) is 5.74. The topological polar surface area (TPSA) is 50.5 Å². The quantitative estimate of drug-likeness (QED) is 0.664. The lowest BCUT2D eigenvalue weighted by atomic mass is 10.00. The van der Waals surface area contributed by atoms with Crippen molar-refractivity contribution in [1.82, 2.24) is 10.3 Å². The molecule has 110 valence electrons. The summed E-state index contributed by atoms with van der Waals surface area (Å²) in [5.41, 5.74) is 3.87. The molecule has 0 spiro atoms. The minimum atomic E-state index is -0.0775. The molecular weight excluding hydrogens is 297 g/mol. The molecule has 0 radical (unpaired) electrons. The van der Waals surface area contributed by atoms with Crippen LogP contribution < -0.4 is 11.3 Å². The lowest BCUT2D eigenvalue weighted by molar-refractivity contribution is -0.0653. The number of nitrogens with one attached hydrogen (secondary N) is 1. The minimum absolute atomic E-state index is 0.0339. The van der Waals surface area contributed by atoms with E-state index in [-0.39, 0.29) is 12.1 Å². The van der Waals surface area contributed by atoms with Crippen molar-refractivity contribution in [2.45, 2.75) is 31.0 Å². The Hall–Kier alpha value is -0.360. The lowest BCUT2D eigenvalue weighted by Gasteiger charge is -2.38. The van der Waals surface area contributed by atoms with Crippen molar-refractivity contribution >= 4 is 23.2 Å². The van der Waals surface area contributed by atoms with Crippen LogP contribution in [0.3, 0.4) is 0 Å². The molecular formula is C14H19Cl2N3O. The number of hydrogen-bond acceptors (Lipinski definition) is 4. The van der Waals surface area contributed by atoms with Crippen molar-refractivity contribution in [3.63, 3.8) is 0 Å². The summed E-state index contributed by atoms with van der Waals surface area (Å²) in [4.78, 5) is 2.50. The van der Waals surface area contributed by atoms with Gasteiger partial charge in [-0.05, 0) is 37.1 Å². The molecule has 2 heterocycles. The fraction of sp³-hybridized carbons (Fsp3) is 0.571. The van der Waals surface area contributed by atoms with Crippen LogP contribution in [0.2, 0.25) is 10.0 Å². The van der Waals surface area contributed by atoms with Gasteiger partial charge < -0.3 is 4.74 Å². The highest BCUT2D eigenvalue weighted by molar-refractivity contribution is 6.42. The molecule has 3 unspecified atom stereocenters. The Labute approximate surface area is 129 Å². The molecule has 2 saturated heterocycles. The van der Waals surface area contributed by atoms with Crippen LogP contribution in [0, 0.1) is 0 Å². The highest BCUT2D eigenvalue weighted by Crippen LogP contribution is 2.31. The van der Waals surface area contributed by atoms with E-state index >= 15 is 0 Å². The molecule has 0 aromatic heterocycles. The van der Waals surface area contributed by atoms with Gasteiger partial charge in [0.1, 0.15) is 0 Å². The van der Waals surface area contributed by atoms with Crippen LogP contribution in [-0.2, 0) is 4.74 Å². The third kappa shape index (κ3) is 2.82. The maximum atomic E-state index is 6.09. The van der Waals surface area contributed by atoms with Crippen LogP contribution in [0.5, 0.6) is 0 Å². The van der Waals surface area contributed by atoms with Gasteiger partial charge in [-0.1, -0.05) is 29.3 Å². The summed E-state index contributed by atoms with van der Waals surface area (Å²) in [6.07, 6.45) is 2.53. The second-order valence-electron chi connectivity index (χ2n) is 5.48. The zero-order valence-corrected chi connectivity index (χ0v) is 12.7. The number of hydrazine groups is 1. The van der Waals surface area contributed by atoms with Crippen molar-refractivity contribution in [1.29, 1.82) is 0 Å². The van der Waals surface area contributed by atoms with Gasteiger partial charge in [-0.15, -0.1) is 0 Å². The molecule has 3 atom stereocenters. The first-order chi connectivity index (χ1) is 9.69. The van der Waals surface area contributed by atoms with E-state index in [0.29, 0.717) is 16.1 Å². The second-order valence-corrected chi connectivity index (χ2v) is 6.30. The van der Waals surface area contributed by atoms with Gasteiger partial charge >= 0.3 is 0 Å². The van der Waals surface area contributed by atoms with Gasteiger partial charge in [-0.2, -0.15) is 0 Å². The zero-order chi connectivity index (χ0) is 14.1. The van der Waals surface area contributed by atoms with Crippen LogP contribution >= 0.6 is 23.2 Å². The van der Waals surface area contributed by atoms with Crippen LogP contribution in [0.15, 0.2) is 18.2 Å². The molecule has 6 heteroatoms. The molecule has 1 aromatic rings. The molecule has 2 fully saturated rings. The Balaban J connectivity index is 1.77. The molecule has 20 heavy (non-hydrogen) atoms. The zero-order valence-electron chi connectivity index (χ0n) is 11.2. The van der Waals surface area contributed by atoms with Crippen LogP contribution in [0.4, 0.5) is 0 Å². The number of rotatable bonds is 3. The van der Waals surface area contributed by atoms with Crippen LogP contribution in [0.25, 0.3) is 0 Å². The number of nitrogens with zero attached hydrogens (tertiary/aromatic N) is 1. The largest absolute Gasteiger partial charge is 0.373 e. The maximum absolute atomic E-state index is 6.09. The highest BCUT2D eigenvalue weighted by atomic mass is 35.5. The Morgan fingerprint density at radius 3 is 2.95 bits per heavy atom. The SMILES string of the molecule is NNC(c1ccc(Cl)c(Cl)c1)C1CN2CCCC2CO1. The molecule has 2 aliphatic heterocycles. The first-order valence-corrected chi connectivity index (χ1v) is 7.71. The van der Waals surface area contributed by atoms with E-state index in [9.17, 15) is 0 Å². The third-order valence-corrected chi connectivity index (χ3v) is 5.01. The van der Waals surface area contributed by atoms with Gasteiger partial charge in [0.2, 0.25) is 0 Å². The third-order valence-electron chi connectivity index (χ3n) is 4.27. The molecule has 3 rings (SSSR count). The van der Waals surface area contributed by atoms with Gasteiger partial charge in [0.25, 0.3) is 0 Å². The lowest BCUT2D eigenvalue weighted by Crippen LogP contribution is -2.51. The fourth-order valence-corrected chi connectivity index (χ4v) is 3.47. The summed E-state index contributed by atoms with van der Waals surface area (Å²) in [6.45, 7) is 2.84. The van der Waals surface area contributed by atoms with Crippen molar-refractivity contribution in [3.8, 4) is 0 Å². The van der Waals surface area contributed by atoms with Crippen LogP contribution in [-0.4, -0.2) is 36.7 Å². The molecule has 1 aromatic carbocycles. The standard InChI is InChI=1S/C14H19Cl2N3O/c15-11-4-3-9(6-12(11)16)14(18-17)13-7-19-5-1-2-10(19)8-20-13/h3-4,6,10,13-14,18H,1-2,5,7-8,17H2. The van der Waals surface area contributed by atoms with E-state index < -0.39 is 0 Å². The summed E-state index contributed by atoms with van der Waals surface area (Å²) in [5, 5.41) is 1.09. The monoisotopic (exact) mass is 315 g/mol. The Kier molecular flexibility index (Phi) is 4.50. The summed E-state index contributed by atoms with van der Waals surface area (Å²) in [6, 6.07) is 6.10. The normalized spacial score (nSPS) is 28.4. The van der Waals surface area contributed by atoms with Gasteiger partial charge in [-0.3, -0.25) is 16.2 Å². The Morgan fingerprint density at radius 2 is 2.20 bits per heavy atom. The predicted octanol–water partition coefficient (Wildman–Crippen LogP) is 2.36. The van der Waals surface area contributed by atoms with Crippen molar-refractivity contribution in [2.75, 3.05) is 19.7 Å². The number of morpholine rings is 1. The van der Waals surface area contributed by atoms with E-state index in [0.717, 1.165) is 25.3 Å². The number of benzene rings is 1. The second kappa shape index (κ2) is 6.18. The first kappa shape index (κ1) is 14.6. The van der Waals surface area contributed by atoms with Crippen molar-refractivity contribution in [2.24, 2.45) is 5.84 Å². The van der Waals surface area contributed by atoms with Crippen molar-refractivity contribution < 1.29 is 4.74 Å². The Bertz CT molecular complexity index is 485. The number of ether oxygens (including phenoxy) is 1. The fourth-order valence-electron chi connectivity index (χ4n) is 3.17. The van der Waals surface area contributed by atoms with E-state index in [4.69, 9.17) is 33.8 Å². The first-order valence-electron chi connectivity index (χ1n) is 6.96. The molecule has 0 aliphatic carbocycles. The highest BCUT2D eigenvalue weighted by Gasteiger charge is 2.36. The summed E-state index contributed by atoms with van der Waals surface area (Å²) < 4.78 is 6.01. The average Bonchev–Trinajstić information content (AvgIpc) is 2.91. The molecule has 0 amide bonds.